The maximum absolute atomic E-state index is 13.7. The fourth-order valence-electron chi connectivity index (χ4n) is 2.18. The summed E-state index contributed by atoms with van der Waals surface area (Å²) in [6, 6.07) is 4.59. The summed E-state index contributed by atoms with van der Waals surface area (Å²) in [5, 5.41) is 13.2. The van der Waals surface area contributed by atoms with Gasteiger partial charge in [-0.15, -0.1) is 0 Å². The van der Waals surface area contributed by atoms with Crippen molar-refractivity contribution >= 4 is 16.9 Å². The summed E-state index contributed by atoms with van der Waals surface area (Å²) in [5.41, 5.74) is 1.42. The summed E-state index contributed by atoms with van der Waals surface area (Å²) in [5.74, 6) is -1.41. The molecule has 2 aromatic heterocycles. The highest BCUT2D eigenvalue weighted by Gasteiger charge is 2.22. The first kappa shape index (κ1) is 11.5. The second-order valence-corrected chi connectivity index (χ2v) is 4.16. The number of hydrogen-bond acceptors (Lipinski definition) is 3. The predicted octanol–water partition coefficient (Wildman–Crippen LogP) is 2.97. The summed E-state index contributed by atoms with van der Waals surface area (Å²) >= 11 is 0. The number of fused-ring (bicyclic) bond motifs is 1. The van der Waals surface area contributed by atoms with Gasteiger partial charge in [0, 0.05) is 16.6 Å². The highest BCUT2D eigenvalue weighted by molar-refractivity contribution is 6.02. The molecule has 0 fully saturated rings. The summed E-state index contributed by atoms with van der Waals surface area (Å²) in [6.07, 6.45) is 1.13. The van der Waals surface area contributed by atoms with Gasteiger partial charge in [0.15, 0.2) is 5.76 Å². The SMILES string of the molecule is Cc1[nH]c2c(F)cccc2c1-c1oncc1C(=O)O. The van der Waals surface area contributed by atoms with Crippen LogP contribution in [0.3, 0.4) is 0 Å². The maximum Gasteiger partial charge on any atom is 0.341 e. The molecule has 0 atom stereocenters. The maximum atomic E-state index is 13.7. The first-order valence-electron chi connectivity index (χ1n) is 5.54. The molecule has 6 heteroatoms. The molecule has 5 nitrogen and oxygen atoms in total. The van der Waals surface area contributed by atoms with Crippen LogP contribution in [0.5, 0.6) is 0 Å². The number of nitrogens with one attached hydrogen (secondary N) is 1. The molecule has 0 amide bonds. The molecule has 0 saturated heterocycles. The second-order valence-electron chi connectivity index (χ2n) is 4.16. The van der Waals surface area contributed by atoms with E-state index in [9.17, 15) is 9.18 Å². The Morgan fingerprint density at radius 1 is 1.47 bits per heavy atom. The largest absolute Gasteiger partial charge is 0.477 e. The van der Waals surface area contributed by atoms with Crippen molar-refractivity contribution in [3.63, 3.8) is 0 Å². The predicted molar refractivity (Wildman–Crippen MR) is 65.5 cm³/mol. The van der Waals surface area contributed by atoms with Gasteiger partial charge in [0.2, 0.25) is 0 Å². The smallest absolute Gasteiger partial charge is 0.341 e. The molecular formula is C13H9FN2O3. The number of aromatic nitrogens is 2. The Bertz CT molecular complexity index is 788. The van der Waals surface area contributed by atoms with Crippen molar-refractivity contribution in [1.29, 1.82) is 0 Å². The van der Waals surface area contributed by atoms with E-state index in [0.717, 1.165) is 6.20 Å². The van der Waals surface area contributed by atoms with Gasteiger partial charge in [-0.3, -0.25) is 0 Å². The number of carboxylic acid groups (broad SMARTS) is 1. The summed E-state index contributed by atoms with van der Waals surface area (Å²) in [4.78, 5) is 14.0. The number of rotatable bonds is 2. The van der Waals surface area contributed by atoms with Crippen LogP contribution in [-0.2, 0) is 0 Å². The van der Waals surface area contributed by atoms with E-state index in [2.05, 4.69) is 10.1 Å². The zero-order valence-electron chi connectivity index (χ0n) is 9.90. The zero-order chi connectivity index (χ0) is 13.6. The molecule has 0 radical (unpaired) electrons. The van der Waals surface area contributed by atoms with Crippen molar-refractivity contribution in [2.75, 3.05) is 0 Å². The normalized spacial score (nSPS) is 11.1. The molecule has 96 valence electrons. The minimum Gasteiger partial charge on any atom is -0.477 e. The lowest BCUT2D eigenvalue weighted by Gasteiger charge is -1.98. The summed E-state index contributed by atoms with van der Waals surface area (Å²) in [6.45, 7) is 1.73. The second kappa shape index (κ2) is 3.94. The average Bonchev–Trinajstić information content (AvgIpc) is 2.93. The molecule has 0 bridgehead atoms. The van der Waals surface area contributed by atoms with Crippen molar-refractivity contribution in [3.05, 3.63) is 41.5 Å². The Kier molecular flexibility index (Phi) is 2.38. The molecule has 0 aliphatic rings. The lowest BCUT2D eigenvalue weighted by molar-refractivity contribution is 0.0697. The van der Waals surface area contributed by atoms with Crippen LogP contribution in [0.4, 0.5) is 4.39 Å². The average molecular weight is 260 g/mol. The number of hydrogen-bond donors (Lipinski definition) is 2. The van der Waals surface area contributed by atoms with Crippen LogP contribution in [-0.4, -0.2) is 21.2 Å². The number of halogens is 1. The molecule has 3 rings (SSSR count). The van der Waals surface area contributed by atoms with E-state index < -0.39 is 11.8 Å². The van der Waals surface area contributed by atoms with Gasteiger partial charge in [0.1, 0.15) is 11.4 Å². The van der Waals surface area contributed by atoms with Crippen LogP contribution in [0.15, 0.2) is 28.9 Å². The van der Waals surface area contributed by atoms with Crippen LogP contribution in [0, 0.1) is 12.7 Å². The van der Waals surface area contributed by atoms with Crippen LogP contribution in [0.2, 0.25) is 0 Å². The molecule has 0 aliphatic carbocycles. The Labute approximate surface area is 106 Å². The molecule has 0 spiro atoms. The van der Waals surface area contributed by atoms with Crippen LogP contribution < -0.4 is 0 Å². The number of carbonyl (C=O) groups is 1. The molecule has 1 aromatic carbocycles. The molecule has 0 aliphatic heterocycles. The third-order valence-electron chi connectivity index (χ3n) is 3.00. The third kappa shape index (κ3) is 1.61. The fourth-order valence-corrected chi connectivity index (χ4v) is 2.18. The third-order valence-corrected chi connectivity index (χ3v) is 3.00. The van der Waals surface area contributed by atoms with Gasteiger partial charge < -0.3 is 14.6 Å². The number of carboxylic acids is 1. The number of H-pyrrole nitrogens is 1. The number of nitrogens with zero attached hydrogens (tertiary/aromatic N) is 1. The summed E-state index contributed by atoms with van der Waals surface area (Å²) in [7, 11) is 0. The zero-order valence-corrected chi connectivity index (χ0v) is 9.90. The van der Waals surface area contributed by atoms with E-state index in [1.54, 1.807) is 19.1 Å². The molecule has 0 saturated carbocycles. The highest BCUT2D eigenvalue weighted by Crippen LogP contribution is 2.34. The van der Waals surface area contributed by atoms with Crippen molar-refractivity contribution in [3.8, 4) is 11.3 Å². The van der Waals surface area contributed by atoms with Crippen LogP contribution in [0.1, 0.15) is 16.1 Å². The van der Waals surface area contributed by atoms with Gasteiger partial charge in [0.25, 0.3) is 0 Å². The van der Waals surface area contributed by atoms with E-state index in [4.69, 9.17) is 9.63 Å². The van der Waals surface area contributed by atoms with E-state index in [1.165, 1.54) is 6.07 Å². The number of aromatic carboxylic acids is 1. The standard InChI is InChI=1S/C13H9FN2O3/c1-6-10(12-8(13(17)18)5-15-19-12)7-3-2-4-9(14)11(7)16-6/h2-5,16H,1H3,(H,17,18). The summed E-state index contributed by atoms with van der Waals surface area (Å²) < 4.78 is 18.7. The lowest BCUT2D eigenvalue weighted by Crippen LogP contribution is -1.96. The Balaban J connectivity index is 2.37. The van der Waals surface area contributed by atoms with E-state index >= 15 is 0 Å². The fraction of sp³-hybridized carbons (Fsp3) is 0.0769. The van der Waals surface area contributed by atoms with Gasteiger partial charge in [-0.2, -0.15) is 0 Å². The molecular weight excluding hydrogens is 251 g/mol. The van der Waals surface area contributed by atoms with E-state index in [-0.39, 0.29) is 11.3 Å². The Morgan fingerprint density at radius 3 is 3.00 bits per heavy atom. The Morgan fingerprint density at radius 2 is 2.26 bits per heavy atom. The number of aromatic amines is 1. The monoisotopic (exact) mass is 260 g/mol. The van der Waals surface area contributed by atoms with Crippen LogP contribution >= 0.6 is 0 Å². The van der Waals surface area contributed by atoms with Crippen molar-refractivity contribution < 1.29 is 18.8 Å². The van der Waals surface area contributed by atoms with Crippen LogP contribution in [0.25, 0.3) is 22.2 Å². The van der Waals surface area contributed by atoms with Gasteiger partial charge in [-0.25, -0.2) is 9.18 Å². The van der Waals surface area contributed by atoms with Gasteiger partial charge in [0.05, 0.1) is 11.7 Å². The van der Waals surface area contributed by atoms with E-state index in [0.29, 0.717) is 22.2 Å². The van der Waals surface area contributed by atoms with Gasteiger partial charge >= 0.3 is 5.97 Å². The molecule has 0 unspecified atom stereocenters. The number of benzene rings is 1. The lowest BCUT2D eigenvalue weighted by atomic mass is 10.1. The molecule has 19 heavy (non-hydrogen) atoms. The molecule has 3 aromatic rings. The van der Waals surface area contributed by atoms with Crippen molar-refractivity contribution in [2.24, 2.45) is 0 Å². The minimum atomic E-state index is -1.14. The first-order chi connectivity index (χ1) is 9.09. The minimum absolute atomic E-state index is 0.0479. The Hall–Kier alpha value is -2.63. The number of para-hydroxylation sites is 1. The molecule has 2 N–H and O–H groups in total. The highest BCUT2D eigenvalue weighted by atomic mass is 19.1. The number of aryl methyl sites for hydroxylation is 1. The van der Waals surface area contributed by atoms with E-state index in [1.807, 2.05) is 0 Å². The van der Waals surface area contributed by atoms with Gasteiger partial charge in [-0.1, -0.05) is 17.3 Å². The van der Waals surface area contributed by atoms with Crippen molar-refractivity contribution in [1.82, 2.24) is 10.1 Å². The topological polar surface area (TPSA) is 79.1 Å². The quantitative estimate of drug-likeness (QED) is 0.742. The molecule has 2 heterocycles. The van der Waals surface area contributed by atoms with Crippen molar-refractivity contribution in [2.45, 2.75) is 6.92 Å². The first-order valence-corrected chi connectivity index (χ1v) is 5.54. The van der Waals surface area contributed by atoms with Gasteiger partial charge in [-0.05, 0) is 13.0 Å².